The molecule has 2 heterocycles. The number of aryl methyl sites for hydroxylation is 1. The summed E-state index contributed by atoms with van der Waals surface area (Å²) in [4.78, 5) is 0. The first-order valence-corrected chi connectivity index (χ1v) is 10.6. The second-order valence-corrected chi connectivity index (χ2v) is 7.93. The van der Waals surface area contributed by atoms with Crippen LogP contribution in [0.25, 0.3) is 23.1 Å². The Kier molecular flexibility index (Phi) is 6.92. The third-order valence-corrected chi connectivity index (χ3v) is 5.84. The number of aliphatic hydroxyl groups excluding tert-OH is 4. The number of para-hydroxylation sites is 1. The summed E-state index contributed by atoms with van der Waals surface area (Å²) in [5.74, 6) is 0.687. The number of nitrogens with zero attached hydrogens (tertiary/aromatic N) is 1. The summed E-state index contributed by atoms with van der Waals surface area (Å²) in [5.41, 5.74) is 3.01. The van der Waals surface area contributed by atoms with E-state index in [1.807, 2.05) is 43.5 Å². The van der Waals surface area contributed by atoms with E-state index in [1.165, 1.54) is 7.11 Å². The molecule has 8 nitrogen and oxygen atoms in total. The second-order valence-electron chi connectivity index (χ2n) is 7.93. The van der Waals surface area contributed by atoms with Crippen LogP contribution in [0, 0.1) is 0 Å². The largest absolute Gasteiger partial charge is 0.493 e. The molecule has 0 radical (unpaired) electrons. The van der Waals surface area contributed by atoms with Crippen LogP contribution in [0.1, 0.15) is 11.3 Å². The first-order chi connectivity index (χ1) is 15.9. The van der Waals surface area contributed by atoms with E-state index in [4.69, 9.17) is 14.2 Å². The monoisotopic (exact) mass is 454 g/mol. The summed E-state index contributed by atoms with van der Waals surface area (Å²) in [6, 6.07) is 17.5. The van der Waals surface area contributed by atoms with Crippen molar-refractivity contribution in [2.45, 2.75) is 30.7 Å². The first-order valence-electron chi connectivity index (χ1n) is 10.6. The van der Waals surface area contributed by atoms with E-state index in [9.17, 15) is 20.4 Å². The highest BCUT2D eigenvalue weighted by atomic mass is 16.7. The van der Waals surface area contributed by atoms with Gasteiger partial charge in [-0.3, -0.25) is 0 Å². The van der Waals surface area contributed by atoms with Gasteiger partial charge in [-0.25, -0.2) is 0 Å². The molecule has 0 bridgehead atoms. The number of pyridine rings is 1. The molecular weight excluding hydrogens is 426 g/mol. The van der Waals surface area contributed by atoms with Crippen molar-refractivity contribution in [1.29, 1.82) is 0 Å². The van der Waals surface area contributed by atoms with Crippen LogP contribution < -0.4 is 14.0 Å². The number of hydrogen-bond donors (Lipinski definition) is 4. The lowest BCUT2D eigenvalue weighted by Crippen LogP contribution is -2.60. The molecule has 8 heteroatoms. The fraction of sp³-hybridized carbons (Fsp3) is 0.320. The predicted octanol–water partition coefficient (Wildman–Crippen LogP) is 1.02. The summed E-state index contributed by atoms with van der Waals surface area (Å²) in [5, 5.41) is 40.6. The molecule has 1 aliphatic heterocycles. The molecule has 174 valence electrons. The Bertz CT molecular complexity index is 1150. The van der Waals surface area contributed by atoms with Crippen molar-refractivity contribution in [2.75, 3.05) is 13.7 Å². The van der Waals surface area contributed by atoms with E-state index < -0.39 is 37.3 Å². The number of rotatable bonds is 6. The Hall–Kier alpha value is -3.01. The van der Waals surface area contributed by atoms with Gasteiger partial charge in [0.25, 0.3) is 0 Å². The number of hydrogen-bond acceptors (Lipinski definition) is 7. The summed E-state index contributed by atoms with van der Waals surface area (Å²) < 4.78 is 18.7. The highest BCUT2D eigenvalue weighted by Gasteiger charge is 2.44. The average Bonchev–Trinajstić information content (AvgIpc) is 2.84. The molecule has 1 saturated heterocycles. The lowest BCUT2D eigenvalue weighted by molar-refractivity contribution is -0.646. The molecule has 1 aliphatic rings. The van der Waals surface area contributed by atoms with Crippen LogP contribution in [0.4, 0.5) is 0 Å². The van der Waals surface area contributed by atoms with E-state index in [0.717, 1.165) is 22.2 Å². The number of aliphatic hydroxyl groups is 4. The highest BCUT2D eigenvalue weighted by Crippen LogP contribution is 2.32. The Labute approximate surface area is 191 Å². The highest BCUT2D eigenvalue weighted by molar-refractivity contribution is 5.77. The minimum atomic E-state index is -1.52. The van der Waals surface area contributed by atoms with Crippen LogP contribution in [-0.2, 0) is 11.8 Å². The molecule has 4 N–H and O–H groups in total. The maximum absolute atomic E-state index is 10.2. The maximum Gasteiger partial charge on any atom is 0.229 e. The smallest absolute Gasteiger partial charge is 0.229 e. The van der Waals surface area contributed by atoms with Crippen molar-refractivity contribution in [3.8, 4) is 11.5 Å². The van der Waals surface area contributed by atoms with Gasteiger partial charge in [0.1, 0.15) is 31.5 Å². The quantitative estimate of drug-likeness (QED) is 0.412. The van der Waals surface area contributed by atoms with E-state index in [-0.39, 0.29) is 5.75 Å². The molecule has 33 heavy (non-hydrogen) atoms. The Balaban J connectivity index is 1.54. The SMILES string of the molecule is COc1cc(C=Cc2ccc3ccccc3[n+]2C)ccc1OC1O[C@H](CO)[C@H](O)[C@H](O)[C@H]1O. The van der Waals surface area contributed by atoms with Gasteiger partial charge in [0, 0.05) is 23.6 Å². The molecule has 4 rings (SSSR count). The van der Waals surface area contributed by atoms with E-state index in [1.54, 1.807) is 12.1 Å². The lowest BCUT2D eigenvalue weighted by atomic mass is 9.99. The number of aromatic nitrogens is 1. The summed E-state index contributed by atoms with van der Waals surface area (Å²) in [6.45, 7) is -0.530. The van der Waals surface area contributed by atoms with Gasteiger partial charge in [0.2, 0.25) is 17.5 Å². The minimum absolute atomic E-state index is 0.287. The standard InChI is InChI=1S/C25H28NO7/c1-26-17(11-9-16-5-3-4-6-18(16)26)10-7-15-8-12-19(20(13-15)31-2)32-25-24(30)23(29)22(28)21(14-27)33-25/h3-13,21-25,27-30H,14H2,1-2H3/q+1/t21-,22+,23+,24-,25?/m1/s1. The van der Waals surface area contributed by atoms with Crippen LogP contribution in [0.2, 0.25) is 0 Å². The van der Waals surface area contributed by atoms with Crippen LogP contribution >= 0.6 is 0 Å². The van der Waals surface area contributed by atoms with E-state index >= 15 is 0 Å². The van der Waals surface area contributed by atoms with Crippen LogP contribution in [0.15, 0.2) is 54.6 Å². The van der Waals surface area contributed by atoms with Crippen LogP contribution in [-0.4, -0.2) is 64.8 Å². The fourth-order valence-corrected chi connectivity index (χ4v) is 3.88. The van der Waals surface area contributed by atoms with Gasteiger partial charge in [0.05, 0.1) is 13.7 Å². The number of ether oxygens (including phenoxy) is 3. The Morgan fingerprint density at radius 2 is 1.73 bits per heavy atom. The van der Waals surface area contributed by atoms with Gasteiger partial charge in [-0.2, -0.15) is 4.57 Å². The van der Waals surface area contributed by atoms with Crippen LogP contribution in [0.3, 0.4) is 0 Å². The third kappa shape index (κ3) is 4.71. The molecule has 0 amide bonds. The van der Waals surface area contributed by atoms with E-state index in [2.05, 4.69) is 22.8 Å². The van der Waals surface area contributed by atoms with Gasteiger partial charge in [-0.15, -0.1) is 0 Å². The molecular formula is C25H28NO7+. The zero-order valence-corrected chi connectivity index (χ0v) is 18.4. The normalized spacial score (nSPS) is 25.5. The topological polar surface area (TPSA) is 112 Å². The van der Waals surface area contributed by atoms with Crippen molar-refractivity contribution in [1.82, 2.24) is 0 Å². The number of benzene rings is 2. The van der Waals surface area contributed by atoms with Crippen molar-refractivity contribution in [3.05, 3.63) is 65.9 Å². The summed E-state index contributed by atoms with van der Waals surface area (Å²) in [7, 11) is 3.51. The second kappa shape index (κ2) is 9.86. The van der Waals surface area contributed by atoms with Gasteiger partial charge in [-0.05, 0) is 35.9 Å². The van der Waals surface area contributed by atoms with Crippen molar-refractivity contribution >= 4 is 23.1 Å². The zero-order valence-electron chi connectivity index (χ0n) is 18.4. The predicted molar refractivity (Wildman–Crippen MR) is 121 cm³/mol. The average molecular weight is 454 g/mol. The van der Waals surface area contributed by atoms with Gasteiger partial charge in [-0.1, -0.05) is 18.2 Å². The third-order valence-electron chi connectivity index (χ3n) is 5.84. The zero-order chi connectivity index (χ0) is 23.5. The number of methoxy groups -OCH3 is 1. The molecule has 1 unspecified atom stereocenters. The fourth-order valence-electron chi connectivity index (χ4n) is 3.88. The number of fused-ring (bicyclic) bond motifs is 1. The van der Waals surface area contributed by atoms with Gasteiger partial charge in [0.15, 0.2) is 11.5 Å². The molecule has 3 aromatic rings. The van der Waals surface area contributed by atoms with Crippen molar-refractivity contribution in [2.24, 2.45) is 7.05 Å². The van der Waals surface area contributed by atoms with Gasteiger partial charge >= 0.3 is 0 Å². The first kappa shape index (κ1) is 23.2. The Morgan fingerprint density at radius 3 is 2.48 bits per heavy atom. The lowest BCUT2D eigenvalue weighted by Gasteiger charge is -2.39. The molecule has 0 saturated carbocycles. The Morgan fingerprint density at radius 1 is 0.939 bits per heavy atom. The molecule has 1 aromatic heterocycles. The molecule has 0 spiro atoms. The van der Waals surface area contributed by atoms with Crippen LogP contribution in [0.5, 0.6) is 11.5 Å². The molecule has 2 aromatic carbocycles. The summed E-state index contributed by atoms with van der Waals surface area (Å²) in [6.07, 6.45) is -2.85. The van der Waals surface area contributed by atoms with Crippen molar-refractivity contribution in [3.63, 3.8) is 0 Å². The minimum Gasteiger partial charge on any atom is -0.493 e. The van der Waals surface area contributed by atoms with Gasteiger partial charge < -0.3 is 34.6 Å². The maximum atomic E-state index is 10.2. The molecule has 5 atom stereocenters. The molecule has 0 aliphatic carbocycles. The van der Waals surface area contributed by atoms with Crippen molar-refractivity contribution < 1.29 is 39.2 Å². The summed E-state index contributed by atoms with van der Waals surface area (Å²) >= 11 is 0. The molecule has 1 fully saturated rings. The van der Waals surface area contributed by atoms with E-state index in [0.29, 0.717) is 5.75 Å².